The Bertz CT molecular complexity index is 1030. The molecule has 0 spiro atoms. The van der Waals surface area contributed by atoms with E-state index in [2.05, 4.69) is 10.6 Å². The largest absolute Gasteiger partial charge is 0.467 e. The summed E-state index contributed by atoms with van der Waals surface area (Å²) in [5, 5.41) is 5.15. The standard InChI is InChI=1S/C21H18ClFN2O6/c1-2-29-20(27)18-15(24-21(28)25-19(18)16-7-4-10-30-16)11-31-17(26)9-8-12-13(22)5-3-6-14(12)23/h3-10,19H,2,11H2,1H3,(H2,24,25,28)/b9-8+. The van der Waals surface area contributed by atoms with Crippen molar-refractivity contribution in [3.8, 4) is 0 Å². The lowest BCUT2D eigenvalue weighted by Gasteiger charge is -2.27. The van der Waals surface area contributed by atoms with Crippen molar-refractivity contribution in [2.24, 2.45) is 0 Å². The molecule has 1 aliphatic rings. The number of esters is 2. The molecule has 0 bridgehead atoms. The molecular weight excluding hydrogens is 431 g/mol. The third-order valence-corrected chi connectivity index (χ3v) is 4.55. The summed E-state index contributed by atoms with van der Waals surface area (Å²) >= 11 is 5.91. The van der Waals surface area contributed by atoms with E-state index in [4.69, 9.17) is 25.5 Å². The molecule has 2 N–H and O–H groups in total. The monoisotopic (exact) mass is 448 g/mol. The SMILES string of the molecule is CCOC(=O)C1=C(COC(=O)/C=C/c2c(F)cccc2Cl)NC(=O)NC1c1ccco1. The zero-order valence-corrected chi connectivity index (χ0v) is 17.1. The van der Waals surface area contributed by atoms with Crippen LogP contribution in [0.4, 0.5) is 9.18 Å². The fourth-order valence-electron chi connectivity index (χ4n) is 2.86. The molecule has 2 amide bonds. The number of furan rings is 1. The van der Waals surface area contributed by atoms with Gasteiger partial charge in [0.25, 0.3) is 0 Å². The number of carbonyl (C=O) groups is 3. The van der Waals surface area contributed by atoms with Crippen LogP contribution in [0.25, 0.3) is 6.08 Å². The number of rotatable bonds is 7. The van der Waals surface area contributed by atoms with E-state index in [1.54, 1.807) is 19.1 Å². The Hall–Kier alpha value is -3.59. The molecule has 2 aromatic rings. The van der Waals surface area contributed by atoms with Gasteiger partial charge in [0.05, 0.1) is 29.2 Å². The summed E-state index contributed by atoms with van der Waals surface area (Å²) in [6.45, 7) is 1.29. The van der Waals surface area contributed by atoms with E-state index in [-0.39, 0.29) is 28.5 Å². The highest BCUT2D eigenvalue weighted by molar-refractivity contribution is 6.32. The number of hydrogen-bond donors (Lipinski definition) is 2. The molecule has 0 radical (unpaired) electrons. The molecule has 31 heavy (non-hydrogen) atoms. The molecule has 8 nitrogen and oxygen atoms in total. The molecule has 162 valence electrons. The molecule has 2 heterocycles. The molecule has 0 fully saturated rings. The number of ether oxygens (including phenoxy) is 2. The molecule has 0 aliphatic carbocycles. The zero-order chi connectivity index (χ0) is 22.4. The first-order chi connectivity index (χ1) is 14.9. The second kappa shape index (κ2) is 9.94. The predicted octanol–water partition coefficient (Wildman–Crippen LogP) is 3.50. The smallest absolute Gasteiger partial charge is 0.338 e. The Morgan fingerprint density at radius 1 is 1.26 bits per heavy atom. The summed E-state index contributed by atoms with van der Waals surface area (Å²) in [6, 6.07) is 5.76. The average Bonchev–Trinajstić information content (AvgIpc) is 3.26. The van der Waals surface area contributed by atoms with E-state index in [1.807, 2.05) is 0 Å². The number of nitrogens with one attached hydrogen (secondary N) is 2. The summed E-state index contributed by atoms with van der Waals surface area (Å²) in [5.74, 6) is -1.85. The van der Waals surface area contributed by atoms with Crippen LogP contribution in [-0.2, 0) is 19.1 Å². The highest BCUT2D eigenvalue weighted by Gasteiger charge is 2.35. The van der Waals surface area contributed by atoms with Crippen molar-refractivity contribution in [1.82, 2.24) is 10.6 Å². The predicted molar refractivity (Wildman–Crippen MR) is 108 cm³/mol. The molecule has 3 rings (SSSR count). The first-order valence-electron chi connectivity index (χ1n) is 9.20. The lowest BCUT2D eigenvalue weighted by atomic mass is 10.0. The van der Waals surface area contributed by atoms with Crippen LogP contribution in [0.5, 0.6) is 0 Å². The normalized spacial score (nSPS) is 16.1. The highest BCUT2D eigenvalue weighted by atomic mass is 35.5. The summed E-state index contributed by atoms with van der Waals surface area (Å²) in [7, 11) is 0. The quantitative estimate of drug-likeness (QED) is 0.496. The lowest BCUT2D eigenvalue weighted by molar-refractivity contribution is -0.140. The van der Waals surface area contributed by atoms with Crippen LogP contribution >= 0.6 is 11.6 Å². The lowest BCUT2D eigenvalue weighted by Crippen LogP contribution is -2.47. The van der Waals surface area contributed by atoms with Gasteiger partial charge < -0.3 is 24.5 Å². The van der Waals surface area contributed by atoms with Crippen LogP contribution in [0.15, 0.2) is 58.4 Å². The third-order valence-electron chi connectivity index (χ3n) is 4.22. The van der Waals surface area contributed by atoms with Gasteiger partial charge in [-0.15, -0.1) is 0 Å². The van der Waals surface area contributed by atoms with Crippen molar-refractivity contribution in [2.45, 2.75) is 13.0 Å². The first-order valence-corrected chi connectivity index (χ1v) is 9.58. The summed E-state index contributed by atoms with van der Waals surface area (Å²) in [4.78, 5) is 36.7. The van der Waals surface area contributed by atoms with Gasteiger partial charge in [0.1, 0.15) is 24.2 Å². The van der Waals surface area contributed by atoms with Gasteiger partial charge >= 0.3 is 18.0 Å². The van der Waals surface area contributed by atoms with Gasteiger partial charge in [0.2, 0.25) is 0 Å². The third kappa shape index (κ3) is 5.32. The van der Waals surface area contributed by atoms with E-state index in [9.17, 15) is 18.8 Å². The van der Waals surface area contributed by atoms with Crippen LogP contribution in [0, 0.1) is 5.82 Å². The average molecular weight is 449 g/mol. The maximum absolute atomic E-state index is 13.8. The number of amides is 2. The summed E-state index contributed by atoms with van der Waals surface area (Å²) in [5.41, 5.74) is 0.0974. The van der Waals surface area contributed by atoms with Crippen molar-refractivity contribution in [3.05, 3.63) is 76.1 Å². The molecule has 1 aromatic carbocycles. The van der Waals surface area contributed by atoms with Crippen molar-refractivity contribution >= 4 is 35.6 Å². The van der Waals surface area contributed by atoms with E-state index < -0.39 is 36.4 Å². The number of hydrogen-bond acceptors (Lipinski definition) is 6. The van der Waals surface area contributed by atoms with Crippen LogP contribution in [0.3, 0.4) is 0 Å². The second-order valence-electron chi connectivity index (χ2n) is 6.24. The minimum absolute atomic E-state index is 0.0283. The molecule has 10 heteroatoms. The minimum Gasteiger partial charge on any atom is -0.467 e. The second-order valence-corrected chi connectivity index (χ2v) is 6.64. The summed E-state index contributed by atoms with van der Waals surface area (Å²) in [6.07, 6.45) is 3.56. The molecule has 1 aliphatic heterocycles. The molecule has 1 aromatic heterocycles. The van der Waals surface area contributed by atoms with Gasteiger partial charge in [-0.1, -0.05) is 17.7 Å². The number of urea groups is 1. The summed E-state index contributed by atoms with van der Waals surface area (Å²) < 4.78 is 29.3. The van der Waals surface area contributed by atoms with Gasteiger partial charge in [-0.2, -0.15) is 0 Å². The van der Waals surface area contributed by atoms with Gasteiger partial charge in [0.15, 0.2) is 0 Å². The topological polar surface area (TPSA) is 107 Å². The van der Waals surface area contributed by atoms with E-state index in [0.29, 0.717) is 5.76 Å². The minimum atomic E-state index is -0.927. The Labute approximate surface area is 181 Å². The Morgan fingerprint density at radius 2 is 2.06 bits per heavy atom. The van der Waals surface area contributed by atoms with Gasteiger partial charge in [-0.25, -0.2) is 18.8 Å². The van der Waals surface area contributed by atoms with Crippen molar-refractivity contribution in [2.75, 3.05) is 13.2 Å². The molecule has 1 atom stereocenters. The van der Waals surface area contributed by atoms with Crippen molar-refractivity contribution in [1.29, 1.82) is 0 Å². The Kier molecular flexibility index (Phi) is 7.09. The maximum atomic E-state index is 13.8. The first kappa shape index (κ1) is 22.1. The fraction of sp³-hybridized carbons (Fsp3) is 0.190. The van der Waals surface area contributed by atoms with Crippen LogP contribution in [0.1, 0.15) is 24.3 Å². The zero-order valence-electron chi connectivity index (χ0n) is 16.3. The number of benzene rings is 1. The van der Waals surface area contributed by atoms with Crippen LogP contribution < -0.4 is 10.6 Å². The van der Waals surface area contributed by atoms with E-state index >= 15 is 0 Å². The van der Waals surface area contributed by atoms with Gasteiger partial charge in [-0.3, -0.25) is 0 Å². The van der Waals surface area contributed by atoms with Crippen molar-refractivity contribution < 1.29 is 32.7 Å². The van der Waals surface area contributed by atoms with E-state index in [1.165, 1.54) is 30.5 Å². The number of carbonyl (C=O) groups excluding carboxylic acids is 3. The maximum Gasteiger partial charge on any atom is 0.338 e. The van der Waals surface area contributed by atoms with E-state index in [0.717, 1.165) is 6.08 Å². The molecule has 0 saturated carbocycles. The number of halogens is 2. The van der Waals surface area contributed by atoms with Crippen molar-refractivity contribution in [3.63, 3.8) is 0 Å². The van der Waals surface area contributed by atoms with Crippen LogP contribution in [-0.4, -0.2) is 31.2 Å². The van der Waals surface area contributed by atoms with Crippen LogP contribution in [0.2, 0.25) is 5.02 Å². The molecule has 0 saturated heterocycles. The Balaban J connectivity index is 1.81. The van der Waals surface area contributed by atoms with Gasteiger partial charge in [-0.05, 0) is 37.3 Å². The molecule has 1 unspecified atom stereocenters. The Morgan fingerprint density at radius 3 is 2.74 bits per heavy atom. The fourth-order valence-corrected chi connectivity index (χ4v) is 3.09. The van der Waals surface area contributed by atoms with Gasteiger partial charge in [0, 0.05) is 11.6 Å². The molecular formula is C21H18ClFN2O6. The highest BCUT2D eigenvalue weighted by Crippen LogP contribution is 2.28.